The van der Waals surface area contributed by atoms with Gasteiger partial charge >= 0.3 is 0 Å². The number of aliphatic hydroxyl groups excluding tert-OH is 1. The molecule has 0 saturated heterocycles. The van der Waals surface area contributed by atoms with Gasteiger partial charge in [-0.15, -0.1) is 0 Å². The van der Waals surface area contributed by atoms with Crippen molar-refractivity contribution in [2.45, 2.75) is 51.6 Å². The largest absolute Gasteiger partial charge is 0.411 e. The predicted molar refractivity (Wildman–Crippen MR) is 133 cm³/mol. The summed E-state index contributed by atoms with van der Waals surface area (Å²) in [5, 5.41) is 11.3. The van der Waals surface area contributed by atoms with Crippen molar-refractivity contribution in [2.24, 2.45) is 0 Å². The minimum Gasteiger partial charge on any atom is -0.411 e. The van der Waals surface area contributed by atoms with Gasteiger partial charge in [0.15, 0.2) is 14.4 Å². The van der Waals surface area contributed by atoms with Gasteiger partial charge in [-0.25, -0.2) is 18.7 Å². The molecule has 0 aliphatic heterocycles. The normalized spacial score (nSPS) is 13.3. The third kappa shape index (κ3) is 5.42. The SMILES string of the molecule is CC(C)(C)[Si](C)(C)OCc1cn(-c2ccc(F)cc2)c(C(O)c2cn(-c3ccc(F)cc3)cn2)n1. The first-order valence-electron chi connectivity index (χ1n) is 11.4. The Kier molecular flexibility index (Phi) is 6.76. The average Bonchev–Trinajstić information content (AvgIpc) is 3.46. The van der Waals surface area contributed by atoms with E-state index < -0.39 is 14.4 Å². The zero-order valence-corrected chi connectivity index (χ0v) is 21.5. The molecule has 184 valence electrons. The fraction of sp³-hybridized carbons (Fsp3) is 0.308. The van der Waals surface area contributed by atoms with E-state index in [1.807, 2.05) is 0 Å². The van der Waals surface area contributed by atoms with Gasteiger partial charge in [0, 0.05) is 23.8 Å². The van der Waals surface area contributed by atoms with Crippen molar-refractivity contribution in [3.05, 3.63) is 96.1 Å². The molecule has 1 N–H and O–H groups in total. The fourth-order valence-corrected chi connectivity index (χ4v) is 4.29. The smallest absolute Gasteiger partial charge is 0.192 e. The molecular formula is C26H30F2N4O2Si. The van der Waals surface area contributed by atoms with E-state index in [0.29, 0.717) is 35.2 Å². The molecule has 2 aromatic heterocycles. The summed E-state index contributed by atoms with van der Waals surface area (Å²) in [7, 11) is -2.02. The molecule has 6 nitrogen and oxygen atoms in total. The van der Waals surface area contributed by atoms with E-state index in [1.54, 1.807) is 52.1 Å². The zero-order chi connectivity index (χ0) is 25.4. The minimum atomic E-state index is -2.02. The third-order valence-electron chi connectivity index (χ3n) is 6.53. The second-order valence-electron chi connectivity index (χ2n) is 10.1. The maximum absolute atomic E-state index is 13.6. The van der Waals surface area contributed by atoms with Gasteiger partial charge in [0.05, 0.1) is 24.3 Å². The predicted octanol–water partition coefficient (Wildman–Crippen LogP) is 5.94. The van der Waals surface area contributed by atoms with E-state index in [0.717, 1.165) is 0 Å². The lowest BCUT2D eigenvalue weighted by atomic mass is 10.2. The number of aliphatic hydroxyl groups is 1. The summed E-state index contributed by atoms with van der Waals surface area (Å²) in [6, 6.07) is 12.0. The molecule has 0 amide bonds. The number of hydrogen-bond donors (Lipinski definition) is 1. The second-order valence-corrected chi connectivity index (χ2v) is 14.9. The highest BCUT2D eigenvalue weighted by Crippen LogP contribution is 2.37. The first-order valence-corrected chi connectivity index (χ1v) is 14.3. The number of rotatable bonds is 7. The molecule has 0 aliphatic rings. The van der Waals surface area contributed by atoms with Gasteiger partial charge in [0.25, 0.3) is 0 Å². The van der Waals surface area contributed by atoms with Crippen molar-refractivity contribution in [2.75, 3.05) is 0 Å². The van der Waals surface area contributed by atoms with Crippen LogP contribution in [0.2, 0.25) is 18.1 Å². The van der Waals surface area contributed by atoms with E-state index in [1.165, 1.54) is 24.3 Å². The first-order chi connectivity index (χ1) is 16.4. The van der Waals surface area contributed by atoms with Crippen molar-refractivity contribution < 1.29 is 18.3 Å². The summed E-state index contributed by atoms with van der Waals surface area (Å²) in [4.78, 5) is 9.03. The summed E-state index contributed by atoms with van der Waals surface area (Å²) >= 11 is 0. The summed E-state index contributed by atoms with van der Waals surface area (Å²) in [6.45, 7) is 11.1. The quantitative estimate of drug-likeness (QED) is 0.322. The number of imidazole rings is 2. The Morgan fingerprint density at radius 2 is 1.51 bits per heavy atom. The molecule has 0 bridgehead atoms. The van der Waals surface area contributed by atoms with Crippen LogP contribution < -0.4 is 0 Å². The molecular weight excluding hydrogens is 466 g/mol. The van der Waals surface area contributed by atoms with E-state index in [-0.39, 0.29) is 16.7 Å². The molecule has 1 unspecified atom stereocenters. The van der Waals surface area contributed by atoms with E-state index in [4.69, 9.17) is 4.43 Å². The third-order valence-corrected chi connectivity index (χ3v) is 11.0. The van der Waals surface area contributed by atoms with Crippen molar-refractivity contribution in [1.29, 1.82) is 0 Å². The molecule has 0 saturated carbocycles. The van der Waals surface area contributed by atoms with Crippen molar-refractivity contribution in [1.82, 2.24) is 19.1 Å². The van der Waals surface area contributed by atoms with E-state index in [2.05, 4.69) is 43.8 Å². The lowest BCUT2D eigenvalue weighted by Crippen LogP contribution is -2.40. The summed E-state index contributed by atoms with van der Waals surface area (Å²) in [6.07, 6.45) is 3.88. The molecule has 1 atom stereocenters. The van der Waals surface area contributed by atoms with Gasteiger partial charge < -0.3 is 18.7 Å². The lowest BCUT2D eigenvalue weighted by Gasteiger charge is -2.35. The Labute approximate surface area is 205 Å². The second kappa shape index (κ2) is 9.48. The Morgan fingerprint density at radius 1 is 0.943 bits per heavy atom. The van der Waals surface area contributed by atoms with E-state index in [9.17, 15) is 13.9 Å². The lowest BCUT2D eigenvalue weighted by molar-refractivity contribution is 0.203. The number of halogens is 2. The summed E-state index contributed by atoms with van der Waals surface area (Å²) in [5.74, 6) is -0.340. The molecule has 2 aromatic carbocycles. The highest BCUT2D eigenvalue weighted by Gasteiger charge is 2.37. The Morgan fingerprint density at radius 3 is 2.09 bits per heavy atom. The van der Waals surface area contributed by atoms with Crippen LogP contribution in [0.4, 0.5) is 8.78 Å². The molecule has 0 spiro atoms. The van der Waals surface area contributed by atoms with Gasteiger partial charge in [-0.05, 0) is 66.7 Å². The molecule has 2 heterocycles. The molecule has 0 radical (unpaired) electrons. The summed E-state index contributed by atoms with van der Waals surface area (Å²) in [5.41, 5.74) is 2.40. The number of hydrogen-bond acceptors (Lipinski definition) is 4. The number of aromatic nitrogens is 4. The average molecular weight is 497 g/mol. The Balaban J connectivity index is 1.67. The standard InChI is InChI=1S/C26H30F2N4O2Si/c1-26(2,3)35(4,5)34-16-20-14-32(22-12-8-19(28)9-13-22)25(30-20)24(33)23-15-31(17-29-23)21-10-6-18(27)7-11-21/h6-15,17,24,33H,16H2,1-5H3. The molecule has 0 fully saturated rings. The van der Waals surface area contributed by atoms with Gasteiger partial charge in [-0.1, -0.05) is 20.8 Å². The Bertz CT molecular complexity index is 1290. The first kappa shape index (κ1) is 25.0. The maximum Gasteiger partial charge on any atom is 0.192 e. The van der Waals surface area contributed by atoms with Crippen LogP contribution in [0, 0.1) is 11.6 Å². The topological polar surface area (TPSA) is 65.1 Å². The van der Waals surface area contributed by atoms with Crippen LogP contribution in [0.25, 0.3) is 11.4 Å². The minimum absolute atomic E-state index is 0.0437. The van der Waals surface area contributed by atoms with Crippen LogP contribution in [0.3, 0.4) is 0 Å². The molecule has 35 heavy (non-hydrogen) atoms. The van der Waals surface area contributed by atoms with Crippen molar-refractivity contribution >= 4 is 8.32 Å². The van der Waals surface area contributed by atoms with Crippen molar-refractivity contribution in [3.8, 4) is 11.4 Å². The molecule has 0 aliphatic carbocycles. The van der Waals surface area contributed by atoms with E-state index >= 15 is 0 Å². The zero-order valence-electron chi connectivity index (χ0n) is 20.5. The molecule has 4 rings (SSSR count). The highest BCUT2D eigenvalue weighted by molar-refractivity contribution is 6.74. The molecule has 9 heteroatoms. The highest BCUT2D eigenvalue weighted by atomic mass is 28.4. The van der Waals surface area contributed by atoms with Crippen LogP contribution in [0.1, 0.15) is 44.1 Å². The van der Waals surface area contributed by atoms with Crippen LogP contribution in [-0.2, 0) is 11.0 Å². The fourth-order valence-electron chi connectivity index (χ4n) is 3.35. The number of benzene rings is 2. The molecule has 4 aromatic rings. The van der Waals surface area contributed by atoms with Crippen LogP contribution in [0.15, 0.2) is 67.3 Å². The Hall–Kier alpha value is -3.14. The number of nitrogens with zero attached hydrogens (tertiary/aromatic N) is 4. The van der Waals surface area contributed by atoms with Gasteiger partial charge in [-0.2, -0.15) is 0 Å². The van der Waals surface area contributed by atoms with Gasteiger partial charge in [-0.3, -0.25) is 0 Å². The van der Waals surface area contributed by atoms with Crippen LogP contribution >= 0.6 is 0 Å². The maximum atomic E-state index is 13.6. The van der Waals surface area contributed by atoms with Gasteiger partial charge in [0.1, 0.15) is 17.5 Å². The van der Waals surface area contributed by atoms with Gasteiger partial charge in [0.2, 0.25) is 0 Å². The van der Waals surface area contributed by atoms with Crippen LogP contribution in [-0.4, -0.2) is 32.5 Å². The van der Waals surface area contributed by atoms with Crippen molar-refractivity contribution in [3.63, 3.8) is 0 Å². The van der Waals surface area contributed by atoms with Crippen LogP contribution in [0.5, 0.6) is 0 Å². The summed E-state index contributed by atoms with van der Waals surface area (Å²) < 4.78 is 36.6. The monoisotopic (exact) mass is 496 g/mol.